The number of nitrogens with zero attached hydrogens (tertiary/aromatic N) is 2. The number of likely N-dealkylation sites (tertiary alicyclic amines) is 2. The molecule has 4 aliphatic carbocycles. The first kappa shape index (κ1) is 83.8. The summed E-state index contributed by atoms with van der Waals surface area (Å²) in [6.07, 6.45) is -15.3. The molecular formula is C74H122N4O27. The average molecular weight is 1500 g/mol. The van der Waals surface area contributed by atoms with Gasteiger partial charge in [0.05, 0.1) is 62.5 Å². The molecule has 6 heterocycles. The van der Waals surface area contributed by atoms with Crippen LogP contribution >= 0.6 is 0 Å². The SMILES string of the molecule is CC[C@H]1CCC[C@@H](O[C@@H]2O[C@H](CO)[C@H](O)[C@H](O[C@@H](CC3CCCCC3)C(=O)N3CCC3)[C@H]2CC(=O)CNC(=O)COCC(=O)CCC(=O)N[C@H]2[C@H](O[C@@H]3CCC[C@H](CC)[C@H]3O[C@@H]3O[C@@H](C)[C@@H](O)[C@@H](O)[C@@H]3O)O[C@H](CO)[C@H](O)[C@@H]2O[C@@H](CC2CCCCC2)C(=O)N2CCC2)[C@@H]1O[C@@H]1O[C@@H](C)[C@@H](O)[C@@H](O)[C@@H]1O. The summed E-state index contributed by atoms with van der Waals surface area (Å²) in [6.45, 7) is 5.77. The van der Waals surface area contributed by atoms with Crippen LogP contribution in [0.15, 0.2) is 0 Å². The third-order valence-electron chi connectivity index (χ3n) is 24.0. The summed E-state index contributed by atoms with van der Waals surface area (Å²) in [4.78, 5) is 87.8. The van der Waals surface area contributed by atoms with E-state index in [2.05, 4.69) is 10.6 Å². The van der Waals surface area contributed by atoms with Crippen molar-refractivity contribution in [3.63, 3.8) is 0 Å². The second kappa shape index (κ2) is 40.0. The molecular weight excluding hydrogens is 1380 g/mol. The van der Waals surface area contributed by atoms with Gasteiger partial charge in [-0.15, -0.1) is 0 Å². The van der Waals surface area contributed by atoms with E-state index in [9.17, 15) is 79.8 Å². The van der Waals surface area contributed by atoms with Crippen LogP contribution in [0.5, 0.6) is 0 Å². The average Bonchev–Trinajstić information content (AvgIpc) is 0.752. The first-order chi connectivity index (χ1) is 50.5. The fourth-order valence-corrected chi connectivity index (χ4v) is 17.2. The summed E-state index contributed by atoms with van der Waals surface area (Å²) >= 11 is 0. The Morgan fingerprint density at radius 1 is 0.457 bits per heavy atom. The number of nitrogens with one attached hydrogen (secondary N) is 2. The van der Waals surface area contributed by atoms with Crippen molar-refractivity contribution >= 4 is 35.2 Å². The highest BCUT2D eigenvalue weighted by Crippen LogP contribution is 2.43. The Labute approximate surface area is 615 Å². The normalized spacial score (nSPS) is 39.3. The lowest BCUT2D eigenvalue weighted by molar-refractivity contribution is -0.343. The van der Waals surface area contributed by atoms with Crippen LogP contribution in [0, 0.1) is 29.6 Å². The number of amides is 4. The molecule has 0 spiro atoms. The summed E-state index contributed by atoms with van der Waals surface area (Å²) < 4.78 is 70.2. The Hall–Kier alpha value is -3.62. The van der Waals surface area contributed by atoms with Crippen LogP contribution in [0.2, 0.25) is 0 Å². The van der Waals surface area contributed by atoms with Crippen molar-refractivity contribution in [2.75, 3.05) is 59.2 Å². The van der Waals surface area contributed by atoms with Gasteiger partial charge in [-0.05, 0) is 88.9 Å². The molecule has 0 unspecified atom stereocenters. The Balaban J connectivity index is 0.800. The minimum absolute atomic E-state index is 0.135. The molecule has 31 nitrogen and oxygen atoms in total. The standard InChI is InChI=1S/C74H122N4O27/c1-5-43-21-13-23-48(65(43)104-73-63(91)61(89)57(85)39(3)96-73)100-71-47(67(59(87)52(35-79)102-71)98-50(69(93)77-27-15-28-77)31-41-17-9-7-10-18-41)33-46(82)34-75-55(84)38-95-37-45(81)25-26-54(83)76-56-68(99-51(70(94)78-29-16-30-78)32-42-19-11-8-12-20-42)60(88)53(36-80)103-72(56)101-49-24-14-22-44(6-2)66(49)105-74-64(92)62(90)58(86)40(4)97-74/h39-44,47-53,56-68,71-74,79-80,85-92H,5-38H2,1-4H3,(H,75,84)(H,76,83)/t39-,40-,43-,44-,47+,48+,49+,50-,51-,52+,53+,56+,57+,58+,59-,60-,61+,62+,63-,64-,65+,66+,67+,68+,71+,72+,73-,74-/m0/s1. The van der Waals surface area contributed by atoms with E-state index >= 15 is 0 Å². The fourth-order valence-electron chi connectivity index (χ4n) is 17.2. The molecule has 6 saturated heterocycles. The third-order valence-corrected chi connectivity index (χ3v) is 24.0. The van der Waals surface area contributed by atoms with Crippen LogP contribution in [0.4, 0.5) is 0 Å². The van der Waals surface area contributed by atoms with Crippen molar-refractivity contribution in [2.45, 2.75) is 341 Å². The van der Waals surface area contributed by atoms with Crippen molar-refractivity contribution < 1.29 is 132 Å². The molecule has 105 heavy (non-hydrogen) atoms. The molecule has 0 aromatic rings. The molecule has 0 radical (unpaired) electrons. The quantitative estimate of drug-likeness (QED) is 0.0410. The zero-order valence-corrected chi connectivity index (χ0v) is 61.7. The van der Waals surface area contributed by atoms with E-state index in [4.69, 9.17) is 52.1 Å². The van der Waals surface area contributed by atoms with Crippen LogP contribution < -0.4 is 10.6 Å². The van der Waals surface area contributed by atoms with Gasteiger partial charge in [-0.3, -0.25) is 28.8 Å². The summed E-state index contributed by atoms with van der Waals surface area (Å²) in [5.41, 5.74) is 0. The second-order valence-electron chi connectivity index (χ2n) is 31.4. The van der Waals surface area contributed by atoms with Gasteiger partial charge in [-0.2, -0.15) is 0 Å². The minimum Gasteiger partial charge on any atom is -0.394 e. The van der Waals surface area contributed by atoms with Gasteiger partial charge in [0.25, 0.3) is 11.8 Å². The lowest BCUT2D eigenvalue weighted by Crippen LogP contribution is -2.67. The Kier molecular flexibility index (Phi) is 32.0. The molecule has 4 saturated carbocycles. The Bertz CT molecular complexity index is 2570. The molecule has 0 bridgehead atoms. The van der Waals surface area contributed by atoms with E-state index in [0.29, 0.717) is 90.4 Å². The number of carbonyl (C=O) groups excluding carboxylic acids is 6. The highest BCUT2D eigenvalue weighted by molar-refractivity contribution is 5.88. The van der Waals surface area contributed by atoms with Gasteiger partial charge in [-0.1, -0.05) is 104 Å². The predicted molar refractivity (Wildman–Crippen MR) is 368 cm³/mol. The first-order valence-electron chi connectivity index (χ1n) is 39.4. The van der Waals surface area contributed by atoms with E-state index in [1.807, 2.05) is 13.8 Å². The van der Waals surface area contributed by atoms with Crippen molar-refractivity contribution in [1.82, 2.24) is 20.4 Å². The number of ketones is 2. The summed E-state index contributed by atoms with van der Waals surface area (Å²) in [6, 6.07) is -1.37. The number of aliphatic hydroxyl groups is 10. The van der Waals surface area contributed by atoms with Gasteiger partial charge in [0, 0.05) is 51.4 Å². The number of carbonyl (C=O) groups is 6. The molecule has 10 fully saturated rings. The largest absolute Gasteiger partial charge is 0.394 e. The molecule has 0 aromatic heterocycles. The van der Waals surface area contributed by atoms with Crippen LogP contribution in [0.1, 0.15) is 188 Å². The van der Waals surface area contributed by atoms with Crippen LogP contribution in [0.3, 0.4) is 0 Å². The van der Waals surface area contributed by atoms with E-state index in [1.165, 1.54) is 6.92 Å². The summed E-state index contributed by atoms with van der Waals surface area (Å²) in [7, 11) is 0. The van der Waals surface area contributed by atoms with Gasteiger partial charge < -0.3 is 124 Å². The molecule has 10 aliphatic rings. The van der Waals surface area contributed by atoms with E-state index in [1.54, 1.807) is 16.7 Å². The van der Waals surface area contributed by atoms with Gasteiger partial charge in [-0.25, -0.2) is 0 Å². The van der Waals surface area contributed by atoms with Gasteiger partial charge in [0.15, 0.2) is 36.7 Å². The van der Waals surface area contributed by atoms with E-state index < -0.39 is 235 Å². The van der Waals surface area contributed by atoms with Crippen LogP contribution in [-0.2, 0) is 80.9 Å². The molecule has 600 valence electrons. The van der Waals surface area contributed by atoms with E-state index in [-0.39, 0.29) is 35.5 Å². The zero-order chi connectivity index (χ0) is 75.2. The Morgan fingerprint density at radius 2 is 0.924 bits per heavy atom. The van der Waals surface area contributed by atoms with Crippen LogP contribution in [-0.4, -0.2) is 308 Å². The molecule has 28 atom stereocenters. The number of aliphatic hydroxyl groups excluding tert-OH is 10. The van der Waals surface area contributed by atoms with Crippen molar-refractivity contribution in [1.29, 1.82) is 0 Å². The number of Topliss-reactive ketones (excluding diaryl/α,β-unsaturated/α-hetero) is 2. The predicted octanol–water partition coefficient (Wildman–Crippen LogP) is 0.214. The number of hydrogen-bond donors (Lipinski definition) is 12. The van der Waals surface area contributed by atoms with Gasteiger partial charge >= 0.3 is 0 Å². The number of ether oxygens (including phenoxy) is 11. The maximum atomic E-state index is 14.4. The monoisotopic (exact) mass is 1500 g/mol. The second-order valence-corrected chi connectivity index (χ2v) is 31.4. The van der Waals surface area contributed by atoms with Gasteiger partial charge in [0.2, 0.25) is 11.8 Å². The highest BCUT2D eigenvalue weighted by atomic mass is 16.7. The first-order valence-corrected chi connectivity index (χ1v) is 39.4. The summed E-state index contributed by atoms with van der Waals surface area (Å²) in [5, 5.41) is 116. The smallest absolute Gasteiger partial charge is 0.251 e. The van der Waals surface area contributed by atoms with Gasteiger partial charge in [0.1, 0.15) is 98.6 Å². The lowest BCUT2D eigenvalue weighted by atomic mass is 9.81. The molecule has 0 aromatic carbocycles. The third kappa shape index (κ3) is 21.5. The molecule has 12 N–H and O–H groups in total. The molecule has 6 aliphatic heterocycles. The van der Waals surface area contributed by atoms with Crippen LogP contribution in [0.25, 0.3) is 0 Å². The molecule has 31 heteroatoms. The van der Waals surface area contributed by atoms with Crippen molar-refractivity contribution in [3.8, 4) is 0 Å². The summed E-state index contributed by atoms with van der Waals surface area (Å²) in [5.74, 6) is -4.44. The lowest BCUT2D eigenvalue weighted by Gasteiger charge is -2.49. The zero-order valence-electron chi connectivity index (χ0n) is 61.7. The Morgan fingerprint density at radius 3 is 1.39 bits per heavy atom. The maximum Gasteiger partial charge on any atom is 0.251 e. The van der Waals surface area contributed by atoms with Crippen molar-refractivity contribution in [3.05, 3.63) is 0 Å². The topological polar surface area (TPSA) is 437 Å². The van der Waals surface area contributed by atoms with Crippen molar-refractivity contribution in [2.24, 2.45) is 29.6 Å². The minimum atomic E-state index is -1.63. The molecule has 4 amide bonds. The number of hydrogen-bond acceptors (Lipinski definition) is 27. The number of rotatable bonds is 34. The van der Waals surface area contributed by atoms with E-state index in [0.717, 1.165) is 77.0 Å². The highest BCUT2D eigenvalue weighted by Gasteiger charge is 2.55. The maximum absolute atomic E-state index is 14.4. The molecule has 10 rings (SSSR count). The fraction of sp³-hybridized carbons (Fsp3) is 0.919.